The zero-order valence-corrected chi connectivity index (χ0v) is 17.2. The number of ketones is 1. The van der Waals surface area contributed by atoms with E-state index in [1.807, 2.05) is 51.1 Å². The average Bonchev–Trinajstić information content (AvgIpc) is 2.73. The summed E-state index contributed by atoms with van der Waals surface area (Å²) in [7, 11) is 0. The van der Waals surface area contributed by atoms with Crippen molar-refractivity contribution in [1.29, 1.82) is 5.26 Å². The van der Waals surface area contributed by atoms with Crippen LogP contribution >= 0.6 is 0 Å². The Hall–Kier alpha value is -3.65. The average molecular weight is 398 g/mol. The van der Waals surface area contributed by atoms with Crippen molar-refractivity contribution in [1.82, 2.24) is 4.98 Å². The molecule has 4 rings (SSSR count). The maximum Gasteiger partial charge on any atom is 0.170 e. The maximum atomic E-state index is 12.8. The predicted octanol–water partition coefficient (Wildman–Crippen LogP) is 5.16. The van der Waals surface area contributed by atoms with Crippen LogP contribution in [0.3, 0.4) is 0 Å². The molecule has 1 unspecified atom stereocenters. The van der Waals surface area contributed by atoms with Gasteiger partial charge in [-0.15, -0.1) is 0 Å². The van der Waals surface area contributed by atoms with Crippen molar-refractivity contribution >= 4 is 5.78 Å². The molecule has 30 heavy (non-hydrogen) atoms. The first-order chi connectivity index (χ1) is 14.4. The van der Waals surface area contributed by atoms with E-state index in [1.54, 1.807) is 18.2 Å². The second-order valence-electron chi connectivity index (χ2n) is 7.58. The lowest BCUT2D eigenvalue weighted by molar-refractivity contribution is 0.0847. The zero-order valence-electron chi connectivity index (χ0n) is 17.2. The minimum absolute atomic E-state index is 0.0649. The lowest BCUT2D eigenvalue weighted by Gasteiger charge is -2.28. The monoisotopic (exact) mass is 398 g/mol. The number of pyridine rings is 1. The van der Waals surface area contributed by atoms with Crippen LogP contribution in [0.5, 0.6) is 11.5 Å². The van der Waals surface area contributed by atoms with E-state index in [4.69, 9.17) is 14.7 Å². The summed E-state index contributed by atoms with van der Waals surface area (Å²) in [5.41, 5.74) is 5.75. The minimum atomic E-state index is -0.335. The molecule has 0 N–H and O–H groups in total. The number of nitrogens with zero attached hydrogens (tertiary/aromatic N) is 2. The van der Waals surface area contributed by atoms with Crippen LogP contribution in [0.1, 0.15) is 56.5 Å². The summed E-state index contributed by atoms with van der Waals surface area (Å²) in [5.74, 6) is 1.32. The van der Waals surface area contributed by atoms with Crippen LogP contribution in [0.15, 0.2) is 48.5 Å². The Morgan fingerprint density at radius 3 is 2.47 bits per heavy atom. The van der Waals surface area contributed by atoms with Crippen molar-refractivity contribution in [2.24, 2.45) is 0 Å². The molecule has 0 saturated heterocycles. The van der Waals surface area contributed by atoms with Crippen LogP contribution in [-0.2, 0) is 6.61 Å². The molecule has 1 aliphatic heterocycles. The predicted molar refractivity (Wildman–Crippen MR) is 113 cm³/mol. The van der Waals surface area contributed by atoms with E-state index >= 15 is 0 Å². The number of ether oxygens (including phenoxy) is 2. The van der Waals surface area contributed by atoms with Gasteiger partial charge in [-0.2, -0.15) is 5.26 Å². The number of hydrogen-bond acceptors (Lipinski definition) is 5. The van der Waals surface area contributed by atoms with Crippen molar-refractivity contribution in [3.05, 3.63) is 87.7 Å². The van der Waals surface area contributed by atoms with E-state index in [2.05, 4.69) is 11.1 Å². The van der Waals surface area contributed by atoms with Crippen LogP contribution in [0.25, 0.3) is 0 Å². The van der Waals surface area contributed by atoms with Gasteiger partial charge in [-0.3, -0.25) is 9.78 Å². The normalized spacial score (nSPS) is 15.1. The standard InChI is InChI=1S/C25H22N2O3/c1-15-10-20(11-16(2)27-15)24-12-22(28)21-8-9-23(17(3)25(21)30-24)29-14-19-6-4-18(13-26)5-7-19/h4-11,24H,12,14H2,1-3H3. The highest BCUT2D eigenvalue weighted by Gasteiger charge is 2.30. The maximum absolute atomic E-state index is 12.8. The molecule has 0 fully saturated rings. The third-order valence-corrected chi connectivity index (χ3v) is 5.24. The fourth-order valence-electron chi connectivity index (χ4n) is 3.74. The number of Topliss-reactive ketones (excluding diaryl/α,β-unsaturated/α-hetero) is 1. The largest absolute Gasteiger partial charge is 0.488 e. The molecule has 5 heteroatoms. The van der Waals surface area contributed by atoms with Gasteiger partial charge in [-0.1, -0.05) is 12.1 Å². The van der Waals surface area contributed by atoms with Crippen molar-refractivity contribution in [2.45, 2.75) is 39.9 Å². The number of carbonyl (C=O) groups excluding carboxylic acids is 1. The summed E-state index contributed by atoms with van der Waals surface area (Å²) in [6.45, 7) is 6.15. The van der Waals surface area contributed by atoms with Gasteiger partial charge in [0.25, 0.3) is 0 Å². The first kappa shape index (κ1) is 19.7. The second kappa shape index (κ2) is 8.00. The van der Waals surface area contributed by atoms with Gasteiger partial charge in [0.1, 0.15) is 24.2 Å². The molecule has 1 atom stereocenters. The zero-order chi connectivity index (χ0) is 21.3. The molecule has 0 spiro atoms. The Bertz CT molecular complexity index is 1140. The molecular formula is C25H22N2O3. The molecule has 1 aromatic heterocycles. The van der Waals surface area contributed by atoms with Crippen LogP contribution < -0.4 is 9.47 Å². The lowest BCUT2D eigenvalue weighted by atomic mass is 9.94. The number of benzene rings is 2. The van der Waals surface area contributed by atoms with Crippen molar-refractivity contribution in [3.8, 4) is 17.6 Å². The Balaban J connectivity index is 1.58. The van der Waals surface area contributed by atoms with Crippen LogP contribution in [0.2, 0.25) is 0 Å². The van der Waals surface area contributed by atoms with Crippen LogP contribution in [0, 0.1) is 32.1 Å². The van der Waals surface area contributed by atoms with Crippen LogP contribution in [0.4, 0.5) is 0 Å². The summed E-state index contributed by atoms with van der Waals surface area (Å²) < 4.78 is 12.3. The van der Waals surface area contributed by atoms with Gasteiger partial charge in [0.05, 0.1) is 23.6 Å². The molecule has 1 aliphatic rings. The number of aryl methyl sites for hydroxylation is 2. The van der Waals surface area contributed by atoms with Gasteiger partial charge >= 0.3 is 0 Å². The first-order valence-electron chi connectivity index (χ1n) is 9.85. The van der Waals surface area contributed by atoms with Crippen molar-refractivity contribution < 1.29 is 14.3 Å². The lowest BCUT2D eigenvalue weighted by Crippen LogP contribution is -2.21. The summed E-state index contributed by atoms with van der Waals surface area (Å²) >= 11 is 0. The smallest absolute Gasteiger partial charge is 0.170 e. The highest BCUT2D eigenvalue weighted by atomic mass is 16.5. The number of rotatable bonds is 4. The van der Waals surface area contributed by atoms with Gasteiger partial charge in [-0.25, -0.2) is 0 Å². The van der Waals surface area contributed by atoms with Gasteiger partial charge in [0.2, 0.25) is 0 Å². The Morgan fingerprint density at radius 2 is 1.80 bits per heavy atom. The molecule has 0 radical (unpaired) electrons. The van der Waals surface area contributed by atoms with Crippen molar-refractivity contribution in [3.63, 3.8) is 0 Å². The quantitative estimate of drug-likeness (QED) is 0.607. The summed E-state index contributed by atoms with van der Waals surface area (Å²) in [6, 6.07) is 16.9. The molecule has 3 aromatic rings. The number of fused-ring (bicyclic) bond motifs is 1. The minimum Gasteiger partial charge on any atom is -0.488 e. The first-order valence-corrected chi connectivity index (χ1v) is 9.85. The SMILES string of the molecule is Cc1cc(C2CC(=O)c3ccc(OCc4ccc(C#N)cc4)c(C)c3O2)cc(C)n1. The van der Waals surface area contributed by atoms with E-state index < -0.39 is 0 Å². The topological polar surface area (TPSA) is 72.2 Å². The summed E-state index contributed by atoms with van der Waals surface area (Å²) in [5, 5.41) is 8.91. The molecule has 150 valence electrons. The number of carbonyl (C=O) groups is 1. The van der Waals surface area contributed by atoms with Gasteiger partial charge < -0.3 is 9.47 Å². The highest BCUT2D eigenvalue weighted by Crippen LogP contribution is 2.40. The van der Waals surface area contributed by atoms with Crippen LogP contribution in [-0.4, -0.2) is 10.8 Å². The van der Waals surface area contributed by atoms with E-state index in [1.165, 1.54) is 0 Å². The summed E-state index contributed by atoms with van der Waals surface area (Å²) in [6.07, 6.45) is -0.0290. The van der Waals surface area contributed by atoms with E-state index in [0.717, 1.165) is 28.1 Å². The van der Waals surface area contributed by atoms with E-state index in [0.29, 0.717) is 35.7 Å². The molecular weight excluding hydrogens is 376 g/mol. The number of nitriles is 1. The fourth-order valence-corrected chi connectivity index (χ4v) is 3.74. The van der Waals surface area contributed by atoms with E-state index in [9.17, 15) is 4.79 Å². The second-order valence-corrected chi connectivity index (χ2v) is 7.58. The number of aromatic nitrogens is 1. The molecule has 0 bridgehead atoms. The third kappa shape index (κ3) is 3.90. The van der Waals surface area contributed by atoms with E-state index in [-0.39, 0.29) is 11.9 Å². The molecule has 0 aliphatic carbocycles. The fraction of sp³-hybridized carbons (Fsp3) is 0.240. The molecule has 2 aromatic carbocycles. The number of hydrogen-bond donors (Lipinski definition) is 0. The van der Waals surface area contributed by atoms with Gasteiger partial charge in [0.15, 0.2) is 5.78 Å². The van der Waals surface area contributed by atoms with Gasteiger partial charge in [-0.05, 0) is 68.3 Å². The summed E-state index contributed by atoms with van der Waals surface area (Å²) in [4.78, 5) is 17.2. The molecule has 0 amide bonds. The highest BCUT2D eigenvalue weighted by molar-refractivity contribution is 6.00. The molecule has 5 nitrogen and oxygen atoms in total. The Morgan fingerprint density at radius 1 is 1.10 bits per heavy atom. The Labute approximate surface area is 175 Å². The molecule has 2 heterocycles. The van der Waals surface area contributed by atoms with Crippen molar-refractivity contribution in [2.75, 3.05) is 0 Å². The Kier molecular flexibility index (Phi) is 5.24. The third-order valence-electron chi connectivity index (χ3n) is 5.24. The molecule has 0 saturated carbocycles. The van der Waals surface area contributed by atoms with Gasteiger partial charge in [0, 0.05) is 17.0 Å².